The van der Waals surface area contributed by atoms with Gasteiger partial charge in [-0.2, -0.15) is 18.3 Å². The van der Waals surface area contributed by atoms with Crippen molar-refractivity contribution < 1.29 is 71.0 Å². The minimum Gasteiger partial charge on any atom is -0.753 e. The van der Waals surface area contributed by atoms with Crippen molar-refractivity contribution in [2.24, 2.45) is 0 Å². The molecule has 0 bridgehead atoms. The molecular formula is C49H38F3N7O8OsS4. The molecule has 0 fully saturated rings. The van der Waals surface area contributed by atoms with E-state index in [4.69, 9.17) is 38.8 Å². The molecule has 0 aliphatic carbocycles. The predicted octanol–water partition coefficient (Wildman–Crippen LogP) is 11.9. The van der Waals surface area contributed by atoms with Gasteiger partial charge < -0.3 is 44.0 Å². The Bertz CT molecular complexity index is 3170. The molecule has 2 aliphatic rings. The summed E-state index contributed by atoms with van der Waals surface area (Å²) in [6, 6.07) is 16.8. The largest absolute Gasteiger partial charge is 2.00 e. The average molecular weight is 1230 g/mol. The number of halogens is 3. The topological polar surface area (TPSA) is 190 Å². The summed E-state index contributed by atoms with van der Waals surface area (Å²) in [6.45, 7) is 4.70. The van der Waals surface area contributed by atoms with Crippen LogP contribution in [0.4, 0.5) is 13.2 Å². The summed E-state index contributed by atoms with van der Waals surface area (Å²) >= 11 is 8.40. The van der Waals surface area contributed by atoms with E-state index in [0.717, 1.165) is 55.3 Å². The molecule has 0 spiro atoms. The molecule has 0 unspecified atom stereocenters. The maximum atomic E-state index is 12.7. The summed E-state index contributed by atoms with van der Waals surface area (Å²) in [7, 11) is 0. The van der Waals surface area contributed by atoms with E-state index in [1.165, 1.54) is 58.9 Å². The first-order chi connectivity index (χ1) is 34.6. The Morgan fingerprint density at radius 2 is 1.32 bits per heavy atom. The molecule has 8 aromatic heterocycles. The molecular weight excluding hydrogens is 1190 g/mol. The smallest absolute Gasteiger partial charge is 0.753 e. The van der Waals surface area contributed by atoms with Crippen LogP contribution in [-0.4, -0.2) is 69.6 Å². The van der Waals surface area contributed by atoms with Gasteiger partial charge in [-0.05, 0) is 77.4 Å². The van der Waals surface area contributed by atoms with Gasteiger partial charge in [-0.1, -0.05) is 44.1 Å². The minimum atomic E-state index is -4.50. The average Bonchev–Trinajstić information content (AvgIpc) is 4.23. The number of thiophene rings is 3. The molecule has 8 aromatic rings. The molecule has 10 rings (SSSR count). The van der Waals surface area contributed by atoms with Gasteiger partial charge in [0.05, 0.1) is 43.1 Å². The zero-order valence-electron chi connectivity index (χ0n) is 37.7. The molecule has 0 aromatic carbocycles. The number of rotatable bonds is 15. The van der Waals surface area contributed by atoms with Gasteiger partial charge in [0.2, 0.25) is 0 Å². The summed E-state index contributed by atoms with van der Waals surface area (Å²) in [5.74, 6) is 3.31. The van der Waals surface area contributed by atoms with E-state index in [1.807, 2.05) is 23.6 Å². The number of thiocarbonyl (C=S) groups is 1. The van der Waals surface area contributed by atoms with Gasteiger partial charge in [-0.15, -0.1) is 34.0 Å². The first-order valence-electron chi connectivity index (χ1n) is 21.7. The van der Waals surface area contributed by atoms with Crippen molar-refractivity contribution in [3.63, 3.8) is 0 Å². The number of unbranched alkanes of at least 4 members (excludes halogenated alkanes) is 3. The van der Waals surface area contributed by atoms with Crippen LogP contribution in [0.1, 0.15) is 43.9 Å². The Morgan fingerprint density at radius 1 is 0.722 bits per heavy atom. The van der Waals surface area contributed by atoms with E-state index in [-0.39, 0.29) is 31.2 Å². The standard InChI is InChI=1S/C29H19N3O8S2.C19H19F3N3S.CNS.Os/c33-14-39-17-2-4-31-20(10-17)22-12-18(40-15-34)11-21(32-22)19-9-16(1-3-30-19)27-25-26(38-8-7-37-25)29(42-27)28-24-23(13-41-28)35-5-6-36-24;1-2-3-4-5-6-13-8-10-26-18(13)14-7-9-23-15(11-14)16-12-17(25-24-16)19(20,21)22;2-1-3;/h1-4,9-15H,5-8H2;7-12H,2-6H2,1H3;;/q;2*-1;+2. The number of aromatic nitrogens is 6. The number of isothiocyanates is 1. The quantitative estimate of drug-likeness (QED) is 0.0407. The number of carbonyl (C=O) groups excluding carboxylic acids is 2. The normalized spacial score (nSPS) is 12.2. The van der Waals surface area contributed by atoms with Crippen molar-refractivity contribution in [2.75, 3.05) is 26.4 Å². The summed E-state index contributed by atoms with van der Waals surface area (Å²) in [6.07, 6.45) is 6.05. The van der Waals surface area contributed by atoms with Gasteiger partial charge in [0.25, 0.3) is 12.9 Å². The molecule has 15 nitrogen and oxygen atoms in total. The number of hydrogen-bond donors (Lipinski definition) is 0. The Labute approximate surface area is 440 Å². The van der Waals surface area contributed by atoms with Crippen LogP contribution in [0.15, 0.2) is 90.0 Å². The van der Waals surface area contributed by atoms with Crippen LogP contribution in [0, 0.1) is 0 Å². The third-order valence-corrected chi connectivity index (χ3v) is 13.8. The van der Waals surface area contributed by atoms with E-state index in [9.17, 15) is 22.8 Å². The monoisotopic (exact) mass is 1230 g/mol. The van der Waals surface area contributed by atoms with E-state index in [1.54, 1.807) is 54.1 Å². The van der Waals surface area contributed by atoms with Crippen LogP contribution in [0.2, 0.25) is 0 Å². The molecule has 0 atom stereocenters. The second kappa shape index (κ2) is 25.1. The number of pyridine rings is 4. The predicted molar refractivity (Wildman–Crippen MR) is 266 cm³/mol. The Hall–Kier alpha value is -6.72. The molecule has 2 aliphatic heterocycles. The number of fused-ring (bicyclic) bond motifs is 2. The van der Waals surface area contributed by atoms with Crippen LogP contribution in [0.25, 0.3) is 70.2 Å². The molecule has 370 valence electrons. The summed E-state index contributed by atoms with van der Waals surface area (Å²) in [5.41, 5.74) is 4.38. The van der Waals surface area contributed by atoms with Crippen molar-refractivity contribution in [1.29, 1.82) is 0 Å². The number of hydrogen-bond acceptors (Lipinski definition) is 17. The molecule has 0 radical (unpaired) electrons. The van der Waals surface area contributed by atoms with Crippen molar-refractivity contribution in [2.45, 2.75) is 45.2 Å². The molecule has 72 heavy (non-hydrogen) atoms. The van der Waals surface area contributed by atoms with E-state index >= 15 is 0 Å². The van der Waals surface area contributed by atoms with Gasteiger partial charge in [0.1, 0.15) is 43.6 Å². The van der Waals surface area contributed by atoms with Crippen LogP contribution >= 0.6 is 46.2 Å². The van der Waals surface area contributed by atoms with Crippen molar-refractivity contribution in [3.8, 4) is 99.3 Å². The van der Waals surface area contributed by atoms with Crippen molar-refractivity contribution in [3.05, 3.63) is 107 Å². The maximum Gasteiger partial charge on any atom is 2.00 e. The third-order valence-electron chi connectivity index (χ3n) is 10.5. The minimum absolute atomic E-state index is 0. The Morgan fingerprint density at radius 3 is 2.00 bits per heavy atom. The van der Waals surface area contributed by atoms with Gasteiger partial charge in [0, 0.05) is 47.0 Å². The number of ether oxygens (including phenoxy) is 6. The van der Waals surface area contributed by atoms with Gasteiger partial charge in [0.15, 0.2) is 23.0 Å². The first kappa shape index (κ1) is 53.1. The number of alkyl halides is 3. The molecule has 10 heterocycles. The molecule has 0 saturated heterocycles. The van der Waals surface area contributed by atoms with Crippen molar-refractivity contribution in [1.82, 2.24) is 30.1 Å². The SMILES string of the molecule is CCCCCCc1ccsc1-c1ccnc(-c2cc(C(F)(F)F)n[n-]2)c1.O=COc1ccnc(-c2cc(OC=O)cc(-c3cc(-c4sc(-c5scc6c5OCCO6)c5c4OCCO5)ccn3)n2)c1.[N-]=C=S.[Os+2]. The van der Waals surface area contributed by atoms with E-state index < -0.39 is 11.9 Å². The number of nitrogens with zero attached hydrogens (tertiary/aromatic N) is 7. The van der Waals surface area contributed by atoms with Crippen LogP contribution in [-0.2, 0) is 42.0 Å². The van der Waals surface area contributed by atoms with Gasteiger partial charge >= 0.3 is 26.0 Å². The maximum absolute atomic E-state index is 12.7. The third kappa shape index (κ3) is 12.7. The summed E-state index contributed by atoms with van der Waals surface area (Å²) in [4.78, 5) is 43.6. The fraction of sp³-hybridized carbons (Fsp3) is 0.224. The number of carbonyl (C=O) groups is 2. The zero-order chi connectivity index (χ0) is 49.7. The zero-order valence-corrected chi connectivity index (χ0v) is 43.5. The first-order valence-corrected chi connectivity index (χ1v) is 24.7. The second-order valence-electron chi connectivity index (χ2n) is 15.1. The van der Waals surface area contributed by atoms with Crippen LogP contribution in [0.3, 0.4) is 0 Å². The Kier molecular flexibility index (Phi) is 18.5. The van der Waals surface area contributed by atoms with Crippen molar-refractivity contribution >= 4 is 64.3 Å². The molecule has 0 amide bonds. The summed E-state index contributed by atoms with van der Waals surface area (Å²) < 4.78 is 72.2. The second-order valence-corrected chi connectivity index (χ2v) is 18.1. The van der Waals surface area contributed by atoms with Crippen LogP contribution in [0.5, 0.6) is 34.5 Å². The van der Waals surface area contributed by atoms with E-state index in [0.29, 0.717) is 90.8 Å². The molecule has 0 N–H and O–H groups in total. The van der Waals surface area contributed by atoms with Crippen LogP contribution < -0.4 is 33.5 Å². The fourth-order valence-corrected chi connectivity index (χ4v) is 10.6. The number of aryl methyl sites for hydroxylation is 1. The van der Waals surface area contributed by atoms with E-state index in [2.05, 4.69) is 55.7 Å². The Balaban J connectivity index is 0.000000218. The fourth-order valence-electron chi connectivity index (χ4n) is 7.39. The van der Waals surface area contributed by atoms with Gasteiger partial charge in [-0.25, -0.2) is 4.98 Å². The molecule has 23 heteroatoms. The summed E-state index contributed by atoms with van der Waals surface area (Å²) in [5, 5.41) is 19.3. The van der Waals surface area contributed by atoms with Gasteiger partial charge in [-0.3, -0.25) is 24.5 Å². The molecule has 0 saturated carbocycles.